The molecular weight excluding hydrogens is 242 g/mol. The van der Waals surface area contributed by atoms with Crippen LogP contribution in [0.2, 0.25) is 0 Å². The minimum atomic E-state index is 0.0191. The minimum Gasteiger partial charge on any atom is -0.339 e. The molecule has 2 rings (SSSR count). The standard InChI is InChI=1S/C13H21N5O/c1-17-7-5-11(6-8-17)18(2)13(19)10-3-4-12(16-14)15-9-10/h3-4,9,11H,5-8,14H2,1-2H3,(H,15,16). The average molecular weight is 263 g/mol. The molecule has 6 heteroatoms. The second-order valence-electron chi connectivity index (χ2n) is 5.03. The van der Waals surface area contributed by atoms with Gasteiger partial charge in [0.25, 0.3) is 5.91 Å². The quantitative estimate of drug-likeness (QED) is 0.615. The molecule has 0 bridgehead atoms. The summed E-state index contributed by atoms with van der Waals surface area (Å²) in [6.07, 6.45) is 3.60. The zero-order valence-corrected chi connectivity index (χ0v) is 11.5. The maximum atomic E-state index is 12.3. The Morgan fingerprint density at radius 2 is 2.16 bits per heavy atom. The Bertz CT molecular complexity index is 425. The Balaban J connectivity index is 2.01. The van der Waals surface area contributed by atoms with Crippen molar-refractivity contribution >= 4 is 11.7 Å². The van der Waals surface area contributed by atoms with Crippen LogP contribution in [0.5, 0.6) is 0 Å². The van der Waals surface area contributed by atoms with Crippen LogP contribution in [0.3, 0.4) is 0 Å². The summed E-state index contributed by atoms with van der Waals surface area (Å²) in [7, 11) is 3.98. The van der Waals surface area contributed by atoms with Crippen LogP contribution < -0.4 is 11.3 Å². The van der Waals surface area contributed by atoms with Crippen LogP contribution >= 0.6 is 0 Å². The fourth-order valence-electron chi connectivity index (χ4n) is 2.36. The molecule has 0 radical (unpaired) electrons. The van der Waals surface area contributed by atoms with Gasteiger partial charge in [0.1, 0.15) is 5.82 Å². The number of likely N-dealkylation sites (tertiary alicyclic amines) is 1. The molecule has 3 N–H and O–H groups in total. The smallest absolute Gasteiger partial charge is 0.255 e. The number of rotatable bonds is 3. The molecule has 2 heterocycles. The van der Waals surface area contributed by atoms with E-state index in [0.717, 1.165) is 25.9 Å². The molecule has 0 unspecified atom stereocenters. The van der Waals surface area contributed by atoms with Crippen molar-refractivity contribution in [1.82, 2.24) is 14.8 Å². The van der Waals surface area contributed by atoms with Gasteiger partial charge in [-0.25, -0.2) is 10.8 Å². The summed E-state index contributed by atoms with van der Waals surface area (Å²) in [4.78, 5) is 20.5. The van der Waals surface area contributed by atoms with Gasteiger partial charge in [0, 0.05) is 19.3 Å². The minimum absolute atomic E-state index is 0.0191. The van der Waals surface area contributed by atoms with Crippen LogP contribution in [0.1, 0.15) is 23.2 Å². The molecule has 1 fully saturated rings. The van der Waals surface area contributed by atoms with Gasteiger partial charge in [-0.3, -0.25) is 4.79 Å². The fraction of sp³-hybridized carbons (Fsp3) is 0.538. The molecule has 1 aliphatic rings. The largest absolute Gasteiger partial charge is 0.339 e. The van der Waals surface area contributed by atoms with E-state index in [1.807, 2.05) is 11.9 Å². The number of carbonyl (C=O) groups is 1. The molecule has 1 aromatic heterocycles. The van der Waals surface area contributed by atoms with Crippen molar-refractivity contribution < 1.29 is 4.79 Å². The van der Waals surface area contributed by atoms with E-state index >= 15 is 0 Å². The van der Waals surface area contributed by atoms with E-state index in [1.54, 1.807) is 18.3 Å². The van der Waals surface area contributed by atoms with Gasteiger partial charge in [0.05, 0.1) is 5.56 Å². The number of aromatic nitrogens is 1. The van der Waals surface area contributed by atoms with E-state index in [-0.39, 0.29) is 5.91 Å². The Labute approximate surface area is 113 Å². The van der Waals surface area contributed by atoms with Gasteiger partial charge in [0.15, 0.2) is 0 Å². The number of nitrogens with two attached hydrogens (primary N) is 1. The lowest BCUT2D eigenvalue weighted by atomic mass is 10.0. The number of hydrogen-bond donors (Lipinski definition) is 2. The number of nitrogens with zero attached hydrogens (tertiary/aromatic N) is 3. The molecule has 0 aliphatic carbocycles. The SMILES string of the molecule is CN1CCC(N(C)C(=O)c2ccc(NN)nc2)CC1. The molecule has 1 aliphatic heterocycles. The van der Waals surface area contributed by atoms with Gasteiger partial charge in [-0.05, 0) is 45.1 Å². The number of carbonyl (C=O) groups excluding carboxylic acids is 1. The maximum Gasteiger partial charge on any atom is 0.255 e. The Kier molecular flexibility index (Phi) is 4.34. The molecular formula is C13H21N5O. The summed E-state index contributed by atoms with van der Waals surface area (Å²) in [5.41, 5.74) is 3.05. The van der Waals surface area contributed by atoms with Crippen LogP contribution in [0, 0.1) is 0 Å². The number of hydrogen-bond acceptors (Lipinski definition) is 5. The molecule has 1 saturated heterocycles. The average Bonchev–Trinajstić information content (AvgIpc) is 2.46. The Hall–Kier alpha value is -1.66. The Morgan fingerprint density at radius 1 is 1.47 bits per heavy atom. The zero-order chi connectivity index (χ0) is 13.8. The third-order valence-electron chi connectivity index (χ3n) is 3.71. The summed E-state index contributed by atoms with van der Waals surface area (Å²) < 4.78 is 0. The van der Waals surface area contributed by atoms with Crippen LogP contribution in [-0.2, 0) is 0 Å². The molecule has 1 aromatic rings. The van der Waals surface area contributed by atoms with Crippen molar-refractivity contribution in [2.75, 3.05) is 32.6 Å². The van der Waals surface area contributed by atoms with Crippen molar-refractivity contribution in [3.05, 3.63) is 23.9 Å². The van der Waals surface area contributed by atoms with E-state index < -0.39 is 0 Å². The second kappa shape index (κ2) is 5.99. The van der Waals surface area contributed by atoms with Crippen LogP contribution in [0.4, 0.5) is 5.82 Å². The highest BCUT2D eigenvalue weighted by Gasteiger charge is 2.24. The molecule has 6 nitrogen and oxygen atoms in total. The van der Waals surface area contributed by atoms with Gasteiger partial charge in [0.2, 0.25) is 0 Å². The van der Waals surface area contributed by atoms with Crippen molar-refractivity contribution in [3.8, 4) is 0 Å². The van der Waals surface area contributed by atoms with Crippen molar-refractivity contribution in [2.45, 2.75) is 18.9 Å². The van der Waals surface area contributed by atoms with Crippen molar-refractivity contribution in [1.29, 1.82) is 0 Å². The van der Waals surface area contributed by atoms with E-state index in [9.17, 15) is 4.79 Å². The number of pyridine rings is 1. The van der Waals surface area contributed by atoms with E-state index in [2.05, 4.69) is 22.4 Å². The number of piperidine rings is 1. The van der Waals surface area contributed by atoms with E-state index in [1.165, 1.54) is 0 Å². The highest BCUT2D eigenvalue weighted by atomic mass is 16.2. The molecule has 19 heavy (non-hydrogen) atoms. The number of nitrogens with one attached hydrogen (secondary N) is 1. The molecule has 0 spiro atoms. The lowest BCUT2D eigenvalue weighted by Crippen LogP contribution is -2.44. The lowest BCUT2D eigenvalue weighted by Gasteiger charge is -2.35. The third-order valence-corrected chi connectivity index (χ3v) is 3.71. The first kappa shape index (κ1) is 13.8. The summed E-state index contributed by atoms with van der Waals surface area (Å²) in [6.45, 7) is 2.08. The fourth-order valence-corrected chi connectivity index (χ4v) is 2.36. The highest BCUT2D eigenvalue weighted by Crippen LogP contribution is 2.16. The van der Waals surface area contributed by atoms with E-state index in [0.29, 0.717) is 17.4 Å². The van der Waals surface area contributed by atoms with Crippen LogP contribution in [0.15, 0.2) is 18.3 Å². The monoisotopic (exact) mass is 263 g/mol. The number of nitrogen functional groups attached to an aromatic ring is 1. The van der Waals surface area contributed by atoms with Gasteiger partial charge in [-0.15, -0.1) is 0 Å². The first-order valence-corrected chi connectivity index (χ1v) is 6.50. The van der Waals surface area contributed by atoms with Gasteiger partial charge in [-0.1, -0.05) is 0 Å². The first-order chi connectivity index (χ1) is 9.11. The predicted octanol–water partition coefficient (Wildman–Crippen LogP) is 0.533. The zero-order valence-electron chi connectivity index (χ0n) is 11.5. The summed E-state index contributed by atoms with van der Waals surface area (Å²) in [6, 6.07) is 3.77. The number of hydrazine groups is 1. The molecule has 0 aromatic carbocycles. The molecule has 1 amide bonds. The van der Waals surface area contributed by atoms with Gasteiger partial charge in [-0.2, -0.15) is 0 Å². The maximum absolute atomic E-state index is 12.3. The summed E-state index contributed by atoms with van der Waals surface area (Å²) >= 11 is 0. The molecule has 0 saturated carbocycles. The van der Waals surface area contributed by atoms with Gasteiger partial charge >= 0.3 is 0 Å². The summed E-state index contributed by atoms with van der Waals surface area (Å²) in [5, 5.41) is 0. The third kappa shape index (κ3) is 3.21. The van der Waals surface area contributed by atoms with E-state index in [4.69, 9.17) is 5.84 Å². The first-order valence-electron chi connectivity index (χ1n) is 6.50. The topological polar surface area (TPSA) is 74.5 Å². The second-order valence-corrected chi connectivity index (χ2v) is 5.03. The normalized spacial score (nSPS) is 17.2. The Morgan fingerprint density at radius 3 is 2.68 bits per heavy atom. The van der Waals surface area contributed by atoms with Crippen molar-refractivity contribution in [2.24, 2.45) is 5.84 Å². The van der Waals surface area contributed by atoms with Crippen LogP contribution in [0.25, 0.3) is 0 Å². The predicted molar refractivity (Wildman–Crippen MR) is 74.7 cm³/mol. The van der Waals surface area contributed by atoms with Crippen LogP contribution in [-0.4, -0.2) is 53.9 Å². The lowest BCUT2D eigenvalue weighted by molar-refractivity contribution is 0.0659. The molecule has 0 atom stereocenters. The molecule has 104 valence electrons. The van der Waals surface area contributed by atoms with Gasteiger partial charge < -0.3 is 15.2 Å². The highest BCUT2D eigenvalue weighted by molar-refractivity contribution is 5.94. The number of amides is 1. The number of anilines is 1. The van der Waals surface area contributed by atoms with Crippen molar-refractivity contribution in [3.63, 3.8) is 0 Å². The summed E-state index contributed by atoms with van der Waals surface area (Å²) in [5.74, 6) is 5.83.